The maximum absolute atomic E-state index is 13.4. The van der Waals surface area contributed by atoms with Gasteiger partial charge in [0.1, 0.15) is 16.6 Å². The van der Waals surface area contributed by atoms with E-state index in [-0.39, 0.29) is 23.9 Å². The number of benzene rings is 2. The van der Waals surface area contributed by atoms with E-state index in [1.165, 1.54) is 43.9 Å². The first-order valence-corrected chi connectivity index (χ1v) is 15.9. The first-order valence-electron chi connectivity index (χ1n) is 12.8. The highest BCUT2D eigenvalue weighted by molar-refractivity contribution is 7.89. The molecule has 0 radical (unpaired) electrons. The van der Waals surface area contributed by atoms with Crippen LogP contribution in [0, 0.1) is 0 Å². The van der Waals surface area contributed by atoms with Crippen molar-refractivity contribution in [2.24, 2.45) is 0 Å². The number of aromatic nitrogens is 1. The maximum Gasteiger partial charge on any atom is 0.256 e. The summed E-state index contributed by atoms with van der Waals surface area (Å²) in [7, 11) is -3.74. The average molecular weight is 580 g/mol. The zero-order valence-corrected chi connectivity index (χ0v) is 24.2. The number of hydrogen-bond donors (Lipinski definition) is 2. The van der Waals surface area contributed by atoms with E-state index in [1.54, 1.807) is 34.8 Å². The molecule has 2 aromatic carbocycles. The number of para-hydroxylation sites is 1. The van der Waals surface area contributed by atoms with Gasteiger partial charge in [-0.2, -0.15) is 4.31 Å². The van der Waals surface area contributed by atoms with E-state index in [4.69, 9.17) is 4.98 Å². The van der Waals surface area contributed by atoms with Crippen LogP contribution in [0.15, 0.2) is 78.7 Å². The van der Waals surface area contributed by atoms with Gasteiger partial charge < -0.3 is 10.2 Å². The minimum Gasteiger partial charge on any atom is -0.330 e. The number of thiophene rings is 1. The second kappa shape index (κ2) is 11.5. The van der Waals surface area contributed by atoms with Crippen molar-refractivity contribution < 1.29 is 18.1 Å². The highest BCUT2D eigenvalue weighted by atomic mass is 32.2. The van der Waals surface area contributed by atoms with Crippen molar-refractivity contribution >= 4 is 53.8 Å². The Balaban J connectivity index is 1.46. The number of hydrogen-bond acceptors (Lipinski definition) is 6. The fraction of sp³-hybridized carbons (Fsp3) is 0.241. The Morgan fingerprint density at radius 3 is 2.49 bits per heavy atom. The van der Waals surface area contributed by atoms with E-state index in [1.807, 2.05) is 18.2 Å². The van der Waals surface area contributed by atoms with Crippen LogP contribution < -0.4 is 10.2 Å². The number of carbonyl (C=O) groups excluding carboxylic acids is 1. The van der Waals surface area contributed by atoms with Gasteiger partial charge in [0, 0.05) is 30.6 Å². The second-order valence-corrected chi connectivity index (χ2v) is 13.4. The number of rotatable bonds is 10. The summed E-state index contributed by atoms with van der Waals surface area (Å²) in [5.74, 6) is -0.284. The normalized spacial score (nSPS) is 15.3. The van der Waals surface area contributed by atoms with Crippen molar-refractivity contribution in [1.29, 1.82) is 0 Å². The molecule has 4 aromatic rings. The molecule has 5 rings (SSSR count). The van der Waals surface area contributed by atoms with Crippen molar-refractivity contribution in [1.82, 2.24) is 9.29 Å². The topological polar surface area (TPSA) is 83.8 Å². The quantitative estimate of drug-likeness (QED) is 0.269. The SMILES string of the molecule is C=CCN(CC=C)S(=O)(=O)c1ccc(C(=O)Nc2sc3c(c2-c2nc4ccccc4s2)CC[NH+](CC)C3)cc1. The Bertz CT molecular complexity index is 1590. The van der Waals surface area contributed by atoms with Gasteiger partial charge in [-0.25, -0.2) is 13.4 Å². The Morgan fingerprint density at radius 2 is 1.82 bits per heavy atom. The van der Waals surface area contributed by atoms with Crippen molar-refractivity contribution in [3.05, 3.63) is 89.8 Å². The lowest BCUT2D eigenvalue weighted by Crippen LogP contribution is -3.11. The van der Waals surface area contributed by atoms with E-state index in [0.29, 0.717) is 5.56 Å². The first kappa shape index (κ1) is 27.4. The monoisotopic (exact) mass is 579 g/mol. The van der Waals surface area contributed by atoms with Crippen LogP contribution in [0.4, 0.5) is 5.00 Å². The highest BCUT2D eigenvalue weighted by Crippen LogP contribution is 2.44. The molecule has 39 heavy (non-hydrogen) atoms. The van der Waals surface area contributed by atoms with Crippen LogP contribution >= 0.6 is 22.7 Å². The summed E-state index contributed by atoms with van der Waals surface area (Å²) in [6.45, 7) is 12.9. The highest BCUT2D eigenvalue weighted by Gasteiger charge is 2.29. The predicted octanol–water partition coefficient (Wildman–Crippen LogP) is 4.60. The smallest absolute Gasteiger partial charge is 0.256 e. The van der Waals surface area contributed by atoms with E-state index in [9.17, 15) is 13.2 Å². The molecule has 1 atom stereocenters. The molecule has 0 saturated carbocycles. The van der Waals surface area contributed by atoms with E-state index >= 15 is 0 Å². The van der Waals surface area contributed by atoms with Crippen molar-refractivity contribution in [2.45, 2.75) is 24.8 Å². The summed E-state index contributed by atoms with van der Waals surface area (Å²) >= 11 is 3.26. The van der Waals surface area contributed by atoms with Gasteiger partial charge in [-0.1, -0.05) is 24.3 Å². The van der Waals surface area contributed by atoms with Gasteiger partial charge in [-0.3, -0.25) is 4.79 Å². The number of fused-ring (bicyclic) bond motifs is 2. The van der Waals surface area contributed by atoms with Crippen molar-refractivity contribution in [3.8, 4) is 10.6 Å². The maximum atomic E-state index is 13.4. The molecule has 3 heterocycles. The minimum absolute atomic E-state index is 0.118. The van der Waals surface area contributed by atoms with Crippen LogP contribution in [-0.4, -0.2) is 49.8 Å². The van der Waals surface area contributed by atoms with Gasteiger partial charge in [0.2, 0.25) is 10.0 Å². The Kier molecular flexibility index (Phi) is 8.11. The van der Waals surface area contributed by atoms with E-state index in [2.05, 4.69) is 31.5 Å². The molecule has 0 aliphatic carbocycles. The molecule has 7 nitrogen and oxygen atoms in total. The lowest BCUT2D eigenvalue weighted by atomic mass is 10.0. The molecular weight excluding hydrogens is 549 g/mol. The van der Waals surface area contributed by atoms with Crippen LogP contribution in [0.25, 0.3) is 20.8 Å². The van der Waals surface area contributed by atoms with Gasteiger partial charge in [0.05, 0.1) is 33.1 Å². The molecule has 0 bridgehead atoms. The van der Waals surface area contributed by atoms with E-state index in [0.717, 1.165) is 51.8 Å². The number of nitrogens with one attached hydrogen (secondary N) is 2. The van der Waals surface area contributed by atoms with Gasteiger partial charge in [-0.05, 0) is 48.9 Å². The second-order valence-electron chi connectivity index (χ2n) is 9.35. The number of likely N-dealkylation sites (N-methyl/N-ethyl adjacent to an activating group) is 1. The van der Waals surface area contributed by atoms with Gasteiger partial charge >= 0.3 is 0 Å². The number of thiazole rings is 1. The summed E-state index contributed by atoms with van der Waals surface area (Å²) < 4.78 is 28.5. The molecule has 1 unspecified atom stereocenters. The Hall–Kier alpha value is -3.15. The average Bonchev–Trinajstić information content (AvgIpc) is 3.53. The molecule has 1 aliphatic heterocycles. The minimum atomic E-state index is -3.74. The fourth-order valence-electron chi connectivity index (χ4n) is 4.79. The summed E-state index contributed by atoms with van der Waals surface area (Å²) in [6.07, 6.45) is 4.01. The van der Waals surface area contributed by atoms with Crippen LogP contribution in [0.3, 0.4) is 0 Å². The third-order valence-corrected chi connectivity index (χ3v) is 10.9. The molecule has 202 valence electrons. The van der Waals surface area contributed by atoms with Crippen LogP contribution in [0.5, 0.6) is 0 Å². The van der Waals surface area contributed by atoms with Gasteiger partial charge in [0.25, 0.3) is 5.91 Å². The van der Waals surface area contributed by atoms with Crippen molar-refractivity contribution in [3.63, 3.8) is 0 Å². The van der Waals surface area contributed by atoms with Crippen molar-refractivity contribution in [2.75, 3.05) is 31.5 Å². The summed E-state index contributed by atoms with van der Waals surface area (Å²) in [6, 6.07) is 14.1. The molecule has 2 N–H and O–H groups in total. The van der Waals surface area contributed by atoms with Crippen LogP contribution in [-0.2, 0) is 23.0 Å². The number of nitrogens with zero attached hydrogens (tertiary/aromatic N) is 2. The number of amides is 1. The number of sulfonamides is 1. The largest absolute Gasteiger partial charge is 0.330 e. The van der Waals surface area contributed by atoms with Crippen LogP contribution in [0.1, 0.15) is 27.7 Å². The summed E-state index contributed by atoms with van der Waals surface area (Å²) in [4.78, 5) is 21.2. The van der Waals surface area contributed by atoms with Crippen LogP contribution in [0.2, 0.25) is 0 Å². The molecule has 0 fully saturated rings. The summed E-state index contributed by atoms with van der Waals surface area (Å²) in [5, 5.41) is 4.84. The molecule has 1 amide bonds. The molecule has 10 heteroatoms. The van der Waals surface area contributed by atoms with Gasteiger partial charge in [-0.15, -0.1) is 35.8 Å². The molecule has 0 saturated heterocycles. The molecular formula is C29H31N4O3S3+. The first-order chi connectivity index (χ1) is 18.8. The zero-order chi connectivity index (χ0) is 27.6. The lowest BCUT2D eigenvalue weighted by molar-refractivity contribution is -0.913. The molecule has 1 aliphatic rings. The number of carbonyl (C=O) groups is 1. The third kappa shape index (κ3) is 5.48. The Labute approximate surface area is 237 Å². The summed E-state index contributed by atoms with van der Waals surface area (Å²) in [5.41, 5.74) is 3.63. The predicted molar refractivity (Wildman–Crippen MR) is 160 cm³/mol. The standard InChI is InChI=1S/C29H30N4O3S3/c1-4-16-33(17-5-2)39(35,36)21-13-11-20(12-14-21)27(34)31-29-26(22-15-18-32(6-3)19-25(22)38-29)28-30-23-9-7-8-10-24(23)37-28/h4-5,7-14H,1-2,6,15-19H2,3H3,(H,31,34)/p+1. The number of quaternary nitrogens is 1. The molecule has 2 aromatic heterocycles. The van der Waals surface area contributed by atoms with Gasteiger partial charge in [0.15, 0.2) is 0 Å². The lowest BCUT2D eigenvalue weighted by Gasteiger charge is -2.22. The third-order valence-electron chi connectivity index (χ3n) is 6.88. The zero-order valence-electron chi connectivity index (χ0n) is 21.8. The number of anilines is 1. The van der Waals surface area contributed by atoms with E-state index < -0.39 is 10.0 Å². The molecule has 0 spiro atoms. The Morgan fingerprint density at radius 1 is 1.10 bits per heavy atom. The fourth-order valence-corrected chi connectivity index (χ4v) is 8.60.